The second-order valence-corrected chi connectivity index (χ2v) is 4.09. The highest BCUT2D eigenvalue weighted by Crippen LogP contribution is 2.16. The Morgan fingerprint density at radius 3 is 2.56 bits per heavy atom. The molecule has 0 aromatic heterocycles. The molecule has 5 nitrogen and oxygen atoms in total. The minimum atomic E-state index is -0.332. The van der Waals surface area contributed by atoms with Crippen LogP contribution < -0.4 is 5.32 Å². The topological polar surface area (TPSA) is 58.4 Å². The maximum Gasteiger partial charge on any atom is 0.273 e. The average molecular weight is 251 g/mol. The second-order valence-electron chi connectivity index (χ2n) is 4.09. The van der Waals surface area contributed by atoms with Crippen molar-refractivity contribution in [2.75, 3.05) is 26.2 Å². The lowest BCUT2D eigenvalue weighted by Crippen LogP contribution is -2.31. The van der Waals surface area contributed by atoms with Crippen molar-refractivity contribution in [3.8, 4) is 0 Å². The Bertz CT molecular complexity index is 378. The molecule has 0 atom stereocenters. The fourth-order valence-electron chi connectivity index (χ4n) is 1.84. The van der Waals surface area contributed by atoms with Gasteiger partial charge >= 0.3 is 0 Å². The van der Waals surface area contributed by atoms with E-state index < -0.39 is 0 Å². The standard InChI is InChI=1S/C13H21N3O2/c1-3-15(4-2)10-9-14-11-12-7-5-6-8-13(12)16(17)18/h5-8,14H,3-4,9-11H2,1-2H3. The number of rotatable bonds is 8. The summed E-state index contributed by atoms with van der Waals surface area (Å²) >= 11 is 0. The molecule has 5 heteroatoms. The van der Waals surface area contributed by atoms with Crippen LogP contribution in [0.15, 0.2) is 24.3 Å². The van der Waals surface area contributed by atoms with Crippen LogP contribution in [-0.2, 0) is 6.54 Å². The molecule has 1 aromatic carbocycles. The smallest absolute Gasteiger partial charge is 0.273 e. The zero-order valence-electron chi connectivity index (χ0n) is 11.1. The van der Waals surface area contributed by atoms with E-state index in [-0.39, 0.29) is 10.6 Å². The van der Waals surface area contributed by atoms with E-state index in [4.69, 9.17) is 0 Å². The fraction of sp³-hybridized carbons (Fsp3) is 0.538. The second kappa shape index (κ2) is 7.79. The van der Waals surface area contributed by atoms with Gasteiger partial charge in [-0.15, -0.1) is 0 Å². The zero-order valence-corrected chi connectivity index (χ0v) is 11.1. The summed E-state index contributed by atoms with van der Waals surface area (Å²) < 4.78 is 0. The van der Waals surface area contributed by atoms with Crippen molar-refractivity contribution in [2.45, 2.75) is 20.4 Å². The number of hydrogen-bond acceptors (Lipinski definition) is 4. The number of nitro groups is 1. The first-order valence-electron chi connectivity index (χ1n) is 6.34. The number of para-hydroxylation sites is 1. The zero-order chi connectivity index (χ0) is 13.4. The van der Waals surface area contributed by atoms with Crippen LogP contribution in [0.1, 0.15) is 19.4 Å². The number of hydrogen-bond donors (Lipinski definition) is 1. The summed E-state index contributed by atoms with van der Waals surface area (Å²) in [5, 5.41) is 14.1. The van der Waals surface area contributed by atoms with Gasteiger partial charge in [0.25, 0.3) is 5.69 Å². The number of likely N-dealkylation sites (N-methyl/N-ethyl adjacent to an activating group) is 1. The highest BCUT2D eigenvalue weighted by molar-refractivity contribution is 5.39. The lowest BCUT2D eigenvalue weighted by Gasteiger charge is -2.17. The Hall–Kier alpha value is -1.46. The highest BCUT2D eigenvalue weighted by Gasteiger charge is 2.11. The van der Waals surface area contributed by atoms with Crippen molar-refractivity contribution in [2.24, 2.45) is 0 Å². The van der Waals surface area contributed by atoms with E-state index in [9.17, 15) is 10.1 Å². The van der Waals surface area contributed by atoms with Crippen LogP contribution in [0.5, 0.6) is 0 Å². The quantitative estimate of drug-likeness (QED) is 0.436. The van der Waals surface area contributed by atoms with Crippen LogP contribution in [0, 0.1) is 10.1 Å². The van der Waals surface area contributed by atoms with Gasteiger partial charge in [-0.2, -0.15) is 0 Å². The minimum Gasteiger partial charge on any atom is -0.311 e. The van der Waals surface area contributed by atoms with Crippen LogP contribution in [-0.4, -0.2) is 36.0 Å². The molecule has 0 amide bonds. The SMILES string of the molecule is CCN(CC)CCNCc1ccccc1[N+](=O)[O-]. The lowest BCUT2D eigenvalue weighted by molar-refractivity contribution is -0.385. The summed E-state index contributed by atoms with van der Waals surface area (Å²) in [4.78, 5) is 12.8. The summed E-state index contributed by atoms with van der Waals surface area (Å²) in [7, 11) is 0. The first-order chi connectivity index (χ1) is 8.69. The molecular formula is C13H21N3O2. The van der Waals surface area contributed by atoms with Gasteiger partial charge in [-0.3, -0.25) is 10.1 Å². The number of nitrogens with one attached hydrogen (secondary N) is 1. The Labute approximate surface area is 108 Å². The molecule has 0 heterocycles. The van der Waals surface area contributed by atoms with Gasteiger partial charge in [-0.1, -0.05) is 32.0 Å². The molecule has 1 N–H and O–H groups in total. The summed E-state index contributed by atoms with van der Waals surface area (Å²) in [6.45, 7) is 8.67. The van der Waals surface area contributed by atoms with Gasteiger partial charge in [0.15, 0.2) is 0 Å². The molecule has 0 saturated heterocycles. The number of nitro benzene ring substituents is 1. The average Bonchev–Trinajstić information content (AvgIpc) is 2.39. The number of nitrogens with zero attached hydrogens (tertiary/aromatic N) is 2. The maximum absolute atomic E-state index is 10.8. The molecule has 0 aliphatic rings. The summed E-state index contributed by atoms with van der Waals surface area (Å²) in [5.74, 6) is 0. The molecule has 0 saturated carbocycles. The predicted octanol–water partition coefficient (Wildman–Crippen LogP) is 2.03. The van der Waals surface area contributed by atoms with E-state index in [1.165, 1.54) is 0 Å². The number of benzene rings is 1. The lowest BCUT2D eigenvalue weighted by atomic mass is 10.2. The Balaban J connectivity index is 2.42. The van der Waals surface area contributed by atoms with Gasteiger partial charge in [-0.05, 0) is 13.1 Å². The fourth-order valence-corrected chi connectivity index (χ4v) is 1.84. The van der Waals surface area contributed by atoms with Gasteiger partial charge < -0.3 is 10.2 Å². The van der Waals surface area contributed by atoms with Crippen molar-refractivity contribution < 1.29 is 4.92 Å². The van der Waals surface area contributed by atoms with E-state index in [0.717, 1.165) is 31.7 Å². The molecule has 0 aliphatic heterocycles. The highest BCUT2D eigenvalue weighted by atomic mass is 16.6. The Kier molecular flexibility index (Phi) is 6.32. The van der Waals surface area contributed by atoms with Crippen LogP contribution in [0.2, 0.25) is 0 Å². The molecule has 0 fully saturated rings. The van der Waals surface area contributed by atoms with Crippen LogP contribution in [0.4, 0.5) is 5.69 Å². The summed E-state index contributed by atoms with van der Waals surface area (Å²) in [6, 6.07) is 6.86. The first-order valence-corrected chi connectivity index (χ1v) is 6.34. The van der Waals surface area contributed by atoms with Crippen molar-refractivity contribution in [3.63, 3.8) is 0 Å². The van der Waals surface area contributed by atoms with Crippen LogP contribution in [0.25, 0.3) is 0 Å². The van der Waals surface area contributed by atoms with Gasteiger partial charge in [0.2, 0.25) is 0 Å². The first kappa shape index (κ1) is 14.6. The van der Waals surface area contributed by atoms with Gasteiger partial charge in [0.1, 0.15) is 0 Å². The van der Waals surface area contributed by atoms with Crippen molar-refractivity contribution >= 4 is 5.69 Å². The molecule has 18 heavy (non-hydrogen) atoms. The van der Waals surface area contributed by atoms with Crippen LogP contribution in [0.3, 0.4) is 0 Å². The van der Waals surface area contributed by atoms with Crippen molar-refractivity contribution in [1.29, 1.82) is 0 Å². The molecule has 1 aromatic rings. The van der Waals surface area contributed by atoms with E-state index in [1.54, 1.807) is 18.2 Å². The van der Waals surface area contributed by atoms with E-state index >= 15 is 0 Å². The molecule has 100 valence electrons. The summed E-state index contributed by atoms with van der Waals surface area (Å²) in [5.41, 5.74) is 0.926. The maximum atomic E-state index is 10.8. The Morgan fingerprint density at radius 1 is 1.28 bits per heavy atom. The molecular weight excluding hydrogens is 230 g/mol. The van der Waals surface area contributed by atoms with Gasteiger partial charge in [-0.25, -0.2) is 0 Å². The van der Waals surface area contributed by atoms with Crippen molar-refractivity contribution in [3.05, 3.63) is 39.9 Å². The molecule has 0 unspecified atom stereocenters. The third kappa shape index (κ3) is 4.43. The van der Waals surface area contributed by atoms with Gasteiger partial charge in [0, 0.05) is 31.3 Å². The normalized spacial score (nSPS) is 10.8. The monoisotopic (exact) mass is 251 g/mol. The predicted molar refractivity (Wildman–Crippen MR) is 72.6 cm³/mol. The van der Waals surface area contributed by atoms with E-state index in [0.29, 0.717) is 6.54 Å². The molecule has 0 radical (unpaired) electrons. The largest absolute Gasteiger partial charge is 0.311 e. The van der Waals surface area contributed by atoms with Crippen molar-refractivity contribution in [1.82, 2.24) is 10.2 Å². The van der Waals surface area contributed by atoms with Gasteiger partial charge in [0.05, 0.1) is 4.92 Å². The van der Waals surface area contributed by atoms with E-state index in [2.05, 4.69) is 24.1 Å². The third-order valence-corrected chi connectivity index (χ3v) is 3.00. The molecule has 0 aliphatic carbocycles. The van der Waals surface area contributed by atoms with E-state index in [1.807, 2.05) is 6.07 Å². The van der Waals surface area contributed by atoms with Crippen LogP contribution >= 0.6 is 0 Å². The molecule has 0 spiro atoms. The minimum absolute atomic E-state index is 0.188. The third-order valence-electron chi connectivity index (χ3n) is 3.00. The summed E-state index contributed by atoms with van der Waals surface area (Å²) in [6.07, 6.45) is 0. The molecule has 0 bridgehead atoms. The molecule has 1 rings (SSSR count). The Morgan fingerprint density at radius 2 is 1.94 bits per heavy atom.